The molecule has 0 aliphatic carbocycles. The van der Waals surface area contributed by atoms with Gasteiger partial charge in [-0.3, -0.25) is 9.10 Å². The smallest absolute Gasteiger partial charge is 0.271 e. The number of sulfonamides is 1. The average molecular weight is 464 g/mol. The fraction of sp³-hybridized carbons (Fsp3) is 0.120. The van der Waals surface area contributed by atoms with Crippen LogP contribution in [0.1, 0.15) is 21.5 Å². The summed E-state index contributed by atoms with van der Waals surface area (Å²) in [6, 6.07) is 22.9. The molecule has 0 saturated carbocycles. The maximum Gasteiger partial charge on any atom is 0.271 e. The van der Waals surface area contributed by atoms with Crippen LogP contribution in [0.25, 0.3) is 0 Å². The molecule has 0 spiro atoms. The molecule has 0 bridgehead atoms. The monoisotopic (exact) mass is 463 g/mol. The molecule has 1 amide bonds. The van der Waals surface area contributed by atoms with Crippen LogP contribution >= 0.6 is 0 Å². The van der Waals surface area contributed by atoms with Gasteiger partial charge in [0, 0.05) is 5.56 Å². The van der Waals surface area contributed by atoms with E-state index >= 15 is 0 Å². The summed E-state index contributed by atoms with van der Waals surface area (Å²) >= 11 is 0. The normalized spacial score (nSPS) is 11.2. The van der Waals surface area contributed by atoms with Crippen molar-refractivity contribution in [3.05, 3.63) is 108 Å². The van der Waals surface area contributed by atoms with E-state index in [0.29, 0.717) is 23.6 Å². The summed E-state index contributed by atoms with van der Waals surface area (Å²) < 4.78 is 31.4. The van der Waals surface area contributed by atoms with Crippen LogP contribution in [0.2, 0.25) is 0 Å². The van der Waals surface area contributed by atoms with Crippen molar-refractivity contribution in [2.45, 2.75) is 6.54 Å². The van der Waals surface area contributed by atoms with Gasteiger partial charge in [0.15, 0.2) is 0 Å². The zero-order valence-electron chi connectivity index (χ0n) is 18.2. The Bertz CT molecular complexity index is 1210. The fourth-order valence-electron chi connectivity index (χ4n) is 2.96. The second-order valence-electron chi connectivity index (χ2n) is 7.17. The van der Waals surface area contributed by atoms with E-state index < -0.39 is 15.9 Å². The number of benzene rings is 3. The minimum Gasteiger partial charge on any atom is -0.490 e. The second kappa shape index (κ2) is 11.1. The molecule has 0 aromatic heterocycles. The molecule has 0 heterocycles. The molecule has 1 N–H and O–H groups in total. The van der Waals surface area contributed by atoms with Gasteiger partial charge in [-0.05, 0) is 59.7 Å². The van der Waals surface area contributed by atoms with Crippen LogP contribution in [0.5, 0.6) is 5.75 Å². The van der Waals surface area contributed by atoms with Gasteiger partial charge in [-0.1, -0.05) is 43.0 Å². The third-order valence-electron chi connectivity index (χ3n) is 4.61. The number of ether oxygens (including phenoxy) is 1. The lowest BCUT2D eigenvalue weighted by molar-refractivity contribution is 0.0955. The number of hydrazone groups is 1. The standard InChI is InChI=1S/C25H25N3O4S/c1-3-17-32-24-15-9-20(10-16-24)18-26-27-25(29)22-11-13-23(14-12-22)28(33(2,30)31)19-21-7-5-4-6-8-21/h3-16,18H,1,17,19H2,2H3,(H,27,29)/b26-18-. The summed E-state index contributed by atoms with van der Waals surface area (Å²) in [5.74, 6) is 0.310. The second-order valence-corrected chi connectivity index (χ2v) is 9.08. The first-order valence-electron chi connectivity index (χ1n) is 10.2. The highest BCUT2D eigenvalue weighted by atomic mass is 32.2. The third kappa shape index (κ3) is 7.05. The zero-order valence-corrected chi connectivity index (χ0v) is 19.0. The lowest BCUT2D eigenvalue weighted by atomic mass is 10.2. The van der Waals surface area contributed by atoms with Gasteiger partial charge in [0.2, 0.25) is 10.0 Å². The minimum atomic E-state index is -3.51. The molecule has 7 nitrogen and oxygen atoms in total. The van der Waals surface area contributed by atoms with Crippen molar-refractivity contribution in [2.75, 3.05) is 17.2 Å². The van der Waals surface area contributed by atoms with E-state index in [1.54, 1.807) is 42.5 Å². The van der Waals surface area contributed by atoms with Crippen molar-refractivity contribution in [1.82, 2.24) is 5.43 Å². The lowest BCUT2D eigenvalue weighted by Crippen LogP contribution is -2.29. The Balaban J connectivity index is 1.64. The van der Waals surface area contributed by atoms with Crippen LogP contribution in [-0.4, -0.2) is 33.4 Å². The molecule has 8 heteroatoms. The number of nitrogens with one attached hydrogen (secondary N) is 1. The van der Waals surface area contributed by atoms with E-state index in [4.69, 9.17) is 4.74 Å². The molecule has 0 atom stereocenters. The molecular formula is C25H25N3O4S. The van der Waals surface area contributed by atoms with Crippen LogP contribution in [0.4, 0.5) is 5.69 Å². The van der Waals surface area contributed by atoms with E-state index in [2.05, 4.69) is 17.1 Å². The van der Waals surface area contributed by atoms with Crippen LogP contribution in [-0.2, 0) is 16.6 Å². The Hall–Kier alpha value is -3.91. The van der Waals surface area contributed by atoms with Gasteiger partial charge < -0.3 is 4.74 Å². The number of anilines is 1. The average Bonchev–Trinajstić information content (AvgIpc) is 2.82. The maximum absolute atomic E-state index is 12.4. The third-order valence-corrected chi connectivity index (χ3v) is 5.76. The quantitative estimate of drug-likeness (QED) is 0.280. The Morgan fingerprint density at radius 1 is 1.03 bits per heavy atom. The molecular weight excluding hydrogens is 438 g/mol. The molecule has 170 valence electrons. The number of carbonyl (C=O) groups excluding carboxylic acids is 1. The van der Waals surface area contributed by atoms with Crippen molar-refractivity contribution in [3.63, 3.8) is 0 Å². The van der Waals surface area contributed by atoms with E-state index in [9.17, 15) is 13.2 Å². The first kappa shape index (κ1) is 23.7. The van der Waals surface area contributed by atoms with Gasteiger partial charge in [0.25, 0.3) is 5.91 Å². The summed E-state index contributed by atoms with van der Waals surface area (Å²) in [5.41, 5.74) is 4.95. The Morgan fingerprint density at radius 3 is 2.30 bits per heavy atom. The van der Waals surface area contributed by atoms with Crippen molar-refractivity contribution in [2.24, 2.45) is 5.10 Å². The van der Waals surface area contributed by atoms with Crippen LogP contribution < -0.4 is 14.5 Å². The predicted octanol–water partition coefficient (Wildman–Crippen LogP) is 3.98. The van der Waals surface area contributed by atoms with Gasteiger partial charge >= 0.3 is 0 Å². The molecule has 0 saturated heterocycles. The van der Waals surface area contributed by atoms with Gasteiger partial charge in [0.05, 0.1) is 24.7 Å². The number of rotatable bonds is 10. The summed E-state index contributed by atoms with van der Waals surface area (Å²) in [6.45, 7) is 4.23. The van der Waals surface area contributed by atoms with Gasteiger partial charge in [0.1, 0.15) is 12.4 Å². The van der Waals surface area contributed by atoms with Crippen molar-refractivity contribution in [1.29, 1.82) is 0 Å². The van der Waals surface area contributed by atoms with Crippen molar-refractivity contribution < 1.29 is 17.9 Å². The molecule has 0 radical (unpaired) electrons. The molecule has 0 fully saturated rings. The Morgan fingerprint density at radius 2 is 1.70 bits per heavy atom. The van der Waals surface area contributed by atoms with E-state index in [1.165, 1.54) is 10.5 Å². The fourth-order valence-corrected chi connectivity index (χ4v) is 3.85. The first-order chi connectivity index (χ1) is 15.9. The number of amides is 1. The summed E-state index contributed by atoms with van der Waals surface area (Å²) in [6.07, 6.45) is 4.34. The van der Waals surface area contributed by atoms with Crippen molar-refractivity contribution in [3.8, 4) is 5.75 Å². The molecule has 3 aromatic rings. The highest BCUT2D eigenvalue weighted by Crippen LogP contribution is 2.21. The van der Waals surface area contributed by atoms with Crippen LogP contribution in [0.3, 0.4) is 0 Å². The van der Waals surface area contributed by atoms with Crippen LogP contribution in [0, 0.1) is 0 Å². The Kier molecular flexibility index (Phi) is 7.99. The first-order valence-corrected chi connectivity index (χ1v) is 12.0. The molecule has 33 heavy (non-hydrogen) atoms. The summed E-state index contributed by atoms with van der Waals surface area (Å²) in [7, 11) is -3.51. The highest BCUT2D eigenvalue weighted by Gasteiger charge is 2.18. The number of nitrogens with zero attached hydrogens (tertiary/aromatic N) is 2. The molecule has 0 unspecified atom stereocenters. The molecule has 3 rings (SSSR count). The molecule has 0 aliphatic rings. The van der Waals surface area contributed by atoms with E-state index in [-0.39, 0.29) is 6.54 Å². The zero-order chi connectivity index (χ0) is 23.7. The van der Waals surface area contributed by atoms with E-state index in [1.807, 2.05) is 42.5 Å². The summed E-state index contributed by atoms with van der Waals surface area (Å²) in [4.78, 5) is 12.4. The predicted molar refractivity (Wildman–Crippen MR) is 131 cm³/mol. The summed E-state index contributed by atoms with van der Waals surface area (Å²) in [5, 5.41) is 3.97. The maximum atomic E-state index is 12.4. The molecule has 0 aliphatic heterocycles. The van der Waals surface area contributed by atoms with Gasteiger partial charge in [-0.15, -0.1) is 0 Å². The Labute approximate surface area is 194 Å². The number of hydrogen-bond donors (Lipinski definition) is 1. The van der Waals surface area contributed by atoms with Gasteiger partial charge in [-0.25, -0.2) is 13.8 Å². The number of hydrogen-bond acceptors (Lipinski definition) is 5. The van der Waals surface area contributed by atoms with Crippen molar-refractivity contribution >= 4 is 27.8 Å². The van der Waals surface area contributed by atoms with Gasteiger partial charge in [-0.2, -0.15) is 5.10 Å². The highest BCUT2D eigenvalue weighted by molar-refractivity contribution is 7.92. The van der Waals surface area contributed by atoms with Crippen LogP contribution in [0.15, 0.2) is 96.6 Å². The number of carbonyl (C=O) groups is 1. The van der Waals surface area contributed by atoms with E-state index in [0.717, 1.165) is 17.4 Å². The largest absolute Gasteiger partial charge is 0.490 e. The lowest BCUT2D eigenvalue weighted by Gasteiger charge is -2.22. The molecule has 3 aromatic carbocycles. The topological polar surface area (TPSA) is 88.1 Å². The SMILES string of the molecule is C=CCOc1ccc(/C=N\NC(=O)c2ccc(N(Cc3ccccc3)S(C)(=O)=O)cc2)cc1. The minimum absolute atomic E-state index is 0.201.